The first-order chi connectivity index (χ1) is 17.6. The van der Waals surface area contributed by atoms with E-state index in [0.717, 1.165) is 24.4 Å². The Hall–Kier alpha value is -3.73. The molecule has 0 radical (unpaired) electrons. The summed E-state index contributed by atoms with van der Waals surface area (Å²) < 4.78 is 7.47. The molecule has 0 saturated carbocycles. The van der Waals surface area contributed by atoms with Crippen LogP contribution in [-0.2, 0) is 0 Å². The Labute approximate surface area is 213 Å². The Morgan fingerprint density at radius 3 is 2.75 bits per heavy atom. The van der Waals surface area contributed by atoms with Gasteiger partial charge in [0.25, 0.3) is 5.91 Å². The van der Waals surface area contributed by atoms with Gasteiger partial charge in [0, 0.05) is 44.5 Å². The first kappa shape index (κ1) is 24.0. The summed E-state index contributed by atoms with van der Waals surface area (Å²) in [5.74, 6) is 0.772. The average molecular weight is 508 g/mol. The van der Waals surface area contributed by atoms with Crippen molar-refractivity contribution in [3.8, 4) is 17.1 Å². The lowest BCUT2D eigenvalue weighted by atomic mass is 10.1. The summed E-state index contributed by atoms with van der Waals surface area (Å²) in [5.41, 5.74) is 3.23. The predicted octanol–water partition coefficient (Wildman–Crippen LogP) is 2.95. The molecule has 0 atom stereocenters. The Morgan fingerprint density at radius 1 is 1.14 bits per heavy atom. The zero-order valence-corrected chi connectivity index (χ0v) is 20.5. The first-order valence-corrected chi connectivity index (χ1v) is 12.0. The number of amides is 1. The number of methoxy groups -OCH3 is 1. The number of benzene rings is 1. The molecule has 5 rings (SSSR count). The molecule has 1 aromatic carbocycles. The van der Waals surface area contributed by atoms with Crippen molar-refractivity contribution in [2.45, 2.75) is 0 Å². The third-order valence-electron chi connectivity index (χ3n) is 6.17. The number of aliphatic hydroxyl groups excluding tert-OH is 1. The zero-order chi connectivity index (χ0) is 25.1. The summed E-state index contributed by atoms with van der Waals surface area (Å²) in [7, 11) is 1.55. The smallest absolute Gasteiger partial charge is 0.254 e. The summed E-state index contributed by atoms with van der Waals surface area (Å²) in [6.07, 6.45) is 5.15. The van der Waals surface area contributed by atoms with E-state index in [1.54, 1.807) is 31.5 Å². The van der Waals surface area contributed by atoms with Crippen molar-refractivity contribution in [1.29, 1.82) is 0 Å². The van der Waals surface area contributed by atoms with E-state index in [0.29, 0.717) is 53.3 Å². The molecule has 0 spiro atoms. The van der Waals surface area contributed by atoms with Crippen molar-refractivity contribution in [2.75, 3.05) is 51.8 Å². The number of rotatable bonds is 7. The van der Waals surface area contributed by atoms with Gasteiger partial charge in [0.05, 0.1) is 42.5 Å². The van der Waals surface area contributed by atoms with Gasteiger partial charge in [0.2, 0.25) is 5.95 Å². The molecular weight excluding hydrogens is 482 g/mol. The Balaban J connectivity index is 1.36. The van der Waals surface area contributed by atoms with Gasteiger partial charge in [0.15, 0.2) is 0 Å². The zero-order valence-electron chi connectivity index (χ0n) is 19.8. The molecule has 3 aromatic heterocycles. The number of halogens is 1. The lowest BCUT2D eigenvalue weighted by Gasteiger charge is -2.34. The van der Waals surface area contributed by atoms with Gasteiger partial charge in [-0.2, -0.15) is 0 Å². The van der Waals surface area contributed by atoms with Gasteiger partial charge in [-0.25, -0.2) is 15.0 Å². The van der Waals surface area contributed by atoms with Crippen LogP contribution in [0, 0.1) is 0 Å². The van der Waals surface area contributed by atoms with Gasteiger partial charge in [-0.15, -0.1) is 0 Å². The topological polar surface area (TPSA) is 108 Å². The van der Waals surface area contributed by atoms with Gasteiger partial charge in [-0.05, 0) is 30.3 Å². The van der Waals surface area contributed by atoms with E-state index < -0.39 is 0 Å². The van der Waals surface area contributed by atoms with Crippen LogP contribution in [0.2, 0.25) is 5.02 Å². The van der Waals surface area contributed by atoms with Gasteiger partial charge in [-0.3, -0.25) is 14.1 Å². The quantitative estimate of drug-likeness (QED) is 0.393. The second-order valence-corrected chi connectivity index (χ2v) is 8.77. The minimum atomic E-state index is -0.0545. The molecule has 0 unspecified atom stereocenters. The number of nitrogens with one attached hydrogen (secondary N) is 1. The third-order valence-corrected chi connectivity index (χ3v) is 6.45. The van der Waals surface area contributed by atoms with Crippen LogP contribution in [-0.4, -0.2) is 86.6 Å². The number of nitrogens with zero attached hydrogens (tertiary/aromatic N) is 6. The highest BCUT2D eigenvalue weighted by atomic mass is 35.5. The fourth-order valence-corrected chi connectivity index (χ4v) is 4.45. The van der Waals surface area contributed by atoms with Crippen LogP contribution in [0.3, 0.4) is 0 Å². The first-order valence-electron chi connectivity index (χ1n) is 11.6. The molecule has 1 aliphatic rings. The van der Waals surface area contributed by atoms with E-state index in [9.17, 15) is 4.79 Å². The van der Waals surface area contributed by atoms with Crippen molar-refractivity contribution in [3.05, 3.63) is 65.6 Å². The Morgan fingerprint density at radius 2 is 1.97 bits per heavy atom. The maximum Gasteiger partial charge on any atom is 0.254 e. The van der Waals surface area contributed by atoms with E-state index in [-0.39, 0.29) is 12.5 Å². The van der Waals surface area contributed by atoms with E-state index in [1.165, 1.54) is 6.20 Å². The van der Waals surface area contributed by atoms with Gasteiger partial charge < -0.3 is 20.1 Å². The number of hydrogen-bond acceptors (Lipinski definition) is 8. The monoisotopic (exact) mass is 507 g/mol. The van der Waals surface area contributed by atoms with Crippen molar-refractivity contribution in [1.82, 2.24) is 29.2 Å². The highest BCUT2D eigenvalue weighted by Gasteiger charge is 2.23. The normalized spacial score (nSPS) is 14.2. The molecule has 1 amide bonds. The largest absolute Gasteiger partial charge is 0.495 e. The number of hydrogen-bond donors (Lipinski definition) is 2. The number of piperazine rings is 1. The molecule has 11 heteroatoms. The minimum Gasteiger partial charge on any atom is -0.495 e. The number of pyridine rings is 1. The van der Waals surface area contributed by atoms with Crippen molar-refractivity contribution < 1.29 is 14.6 Å². The number of β-amino-alcohol motifs (C(OH)–C–C–N with tert-alkyl or cyclic N) is 1. The second-order valence-electron chi connectivity index (χ2n) is 8.36. The summed E-state index contributed by atoms with van der Waals surface area (Å²) >= 11 is 6.43. The summed E-state index contributed by atoms with van der Waals surface area (Å²) in [6, 6.07) is 11.0. The van der Waals surface area contributed by atoms with E-state index in [2.05, 4.69) is 25.2 Å². The van der Waals surface area contributed by atoms with Gasteiger partial charge in [0.1, 0.15) is 17.1 Å². The van der Waals surface area contributed by atoms with E-state index >= 15 is 0 Å². The van der Waals surface area contributed by atoms with Crippen LogP contribution >= 0.6 is 11.6 Å². The highest BCUT2D eigenvalue weighted by molar-refractivity contribution is 6.32. The number of carbonyl (C=O) groups is 1. The van der Waals surface area contributed by atoms with E-state index in [1.807, 2.05) is 33.7 Å². The average Bonchev–Trinajstić information content (AvgIpc) is 3.34. The molecule has 1 saturated heterocycles. The number of ether oxygens (including phenoxy) is 1. The summed E-state index contributed by atoms with van der Waals surface area (Å²) in [6.45, 7) is 3.47. The Kier molecular flexibility index (Phi) is 6.99. The number of aromatic nitrogens is 4. The molecule has 2 N–H and O–H groups in total. The van der Waals surface area contributed by atoms with Gasteiger partial charge >= 0.3 is 0 Å². The molecule has 0 bridgehead atoms. The van der Waals surface area contributed by atoms with Crippen LogP contribution in [0.1, 0.15) is 10.4 Å². The van der Waals surface area contributed by atoms with Crippen molar-refractivity contribution in [2.24, 2.45) is 0 Å². The number of anilines is 2. The molecule has 0 aliphatic carbocycles. The summed E-state index contributed by atoms with van der Waals surface area (Å²) in [4.78, 5) is 30.4. The van der Waals surface area contributed by atoms with Crippen LogP contribution in [0.15, 0.2) is 55.0 Å². The third kappa shape index (κ3) is 4.83. The SMILES string of the molecule is COc1cc(C(=O)N2CCN(CCO)CC2)ccc1Nc1ncc(Cl)c(-c2cnc3ccccn23)n1. The maximum atomic E-state index is 13.1. The van der Waals surface area contributed by atoms with Crippen LogP contribution in [0.5, 0.6) is 5.75 Å². The molecule has 36 heavy (non-hydrogen) atoms. The summed E-state index contributed by atoms with van der Waals surface area (Å²) in [5, 5.41) is 12.7. The molecule has 4 heterocycles. The molecule has 1 fully saturated rings. The lowest BCUT2D eigenvalue weighted by molar-refractivity contribution is 0.0614. The van der Waals surface area contributed by atoms with Gasteiger partial charge in [-0.1, -0.05) is 17.7 Å². The molecular formula is C25H26ClN7O3. The van der Waals surface area contributed by atoms with Crippen molar-refractivity contribution in [3.63, 3.8) is 0 Å². The molecule has 10 nitrogen and oxygen atoms in total. The number of carbonyl (C=O) groups excluding carboxylic acids is 1. The molecule has 1 aliphatic heterocycles. The molecule has 4 aromatic rings. The fourth-order valence-electron chi connectivity index (χ4n) is 4.26. The van der Waals surface area contributed by atoms with Crippen LogP contribution < -0.4 is 10.1 Å². The Bertz CT molecular complexity index is 1390. The minimum absolute atomic E-state index is 0.0545. The van der Waals surface area contributed by atoms with Crippen LogP contribution in [0.25, 0.3) is 17.0 Å². The second kappa shape index (κ2) is 10.5. The maximum absolute atomic E-state index is 13.1. The number of aliphatic hydroxyl groups is 1. The van der Waals surface area contributed by atoms with Crippen molar-refractivity contribution >= 4 is 34.8 Å². The van der Waals surface area contributed by atoms with E-state index in [4.69, 9.17) is 21.4 Å². The lowest BCUT2D eigenvalue weighted by Crippen LogP contribution is -2.49. The number of fused-ring (bicyclic) bond motifs is 1. The number of imidazole rings is 1. The predicted molar refractivity (Wildman–Crippen MR) is 137 cm³/mol. The fraction of sp³-hybridized carbons (Fsp3) is 0.280. The molecule has 186 valence electrons. The van der Waals surface area contributed by atoms with Crippen LogP contribution in [0.4, 0.5) is 11.6 Å². The standard InChI is InChI=1S/C25H26ClN7O3/c1-36-21-14-17(24(35)32-10-8-31(9-11-32)12-13-34)5-6-19(21)29-25-28-15-18(26)23(30-25)20-16-27-22-4-2-3-7-33(20)22/h2-7,14-16,34H,8-13H2,1H3,(H,28,29,30). The highest BCUT2D eigenvalue weighted by Crippen LogP contribution is 2.31.